The Morgan fingerprint density at radius 2 is 2.11 bits per heavy atom. The maximum absolute atomic E-state index is 11.7. The third kappa shape index (κ3) is 3.81. The van der Waals surface area contributed by atoms with E-state index in [4.69, 9.17) is 5.11 Å². The lowest BCUT2D eigenvalue weighted by molar-refractivity contribution is -0.141. The molecule has 19 heavy (non-hydrogen) atoms. The summed E-state index contributed by atoms with van der Waals surface area (Å²) in [6, 6.07) is 7.42. The molecule has 100 valence electrons. The second-order valence-electron chi connectivity index (χ2n) is 4.03. The maximum Gasteiger partial charge on any atom is 0.334 e. The van der Waals surface area contributed by atoms with Gasteiger partial charge in [0.25, 0.3) is 0 Å². The normalized spacial score (nSPS) is 11.5. The van der Waals surface area contributed by atoms with Crippen LogP contribution in [0.1, 0.15) is 17.5 Å². The van der Waals surface area contributed by atoms with Crippen molar-refractivity contribution in [1.29, 1.82) is 0 Å². The number of carbonyl (C=O) groups excluding carboxylic acids is 1. The van der Waals surface area contributed by atoms with E-state index in [1.54, 1.807) is 6.07 Å². The van der Waals surface area contributed by atoms with E-state index in [0.717, 1.165) is 11.1 Å². The third-order valence-corrected chi connectivity index (χ3v) is 2.62. The molecule has 4 heteroatoms. The van der Waals surface area contributed by atoms with Gasteiger partial charge in [-0.2, -0.15) is 0 Å². The first-order chi connectivity index (χ1) is 8.99. The molecule has 0 amide bonds. The number of esters is 1. The molecule has 0 saturated carbocycles. The van der Waals surface area contributed by atoms with Gasteiger partial charge in [-0.05, 0) is 18.1 Å². The van der Waals surface area contributed by atoms with Crippen molar-refractivity contribution in [2.45, 2.75) is 13.3 Å². The number of hydrogen-bond acceptors (Lipinski definition) is 3. The number of rotatable bonds is 5. The van der Waals surface area contributed by atoms with E-state index in [1.165, 1.54) is 13.2 Å². The molecule has 0 unspecified atom stereocenters. The standard InChI is InChI=1S/C15H16O4/c1-4-12(11-7-5-6-10(2)8-11)13(9-14(16)17)15(18)19-3/h4-8H,1,9H2,2-3H3,(H,16,17)/b13-12-. The zero-order chi connectivity index (χ0) is 14.4. The SMILES string of the molecule is C=C/C(=C(\CC(=O)O)C(=O)OC)c1cccc(C)c1. The van der Waals surface area contributed by atoms with Gasteiger partial charge in [0.15, 0.2) is 0 Å². The van der Waals surface area contributed by atoms with Crippen LogP contribution in [0.15, 0.2) is 42.5 Å². The van der Waals surface area contributed by atoms with Crippen LogP contribution >= 0.6 is 0 Å². The van der Waals surface area contributed by atoms with Gasteiger partial charge in [0.1, 0.15) is 0 Å². The number of aliphatic carboxylic acids is 1. The number of aryl methyl sites for hydroxylation is 1. The smallest absolute Gasteiger partial charge is 0.334 e. The first-order valence-electron chi connectivity index (χ1n) is 5.72. The lowest BCUT2D eigenvalue weighted by Gasteiger charge is -2.10. The first kappa shape index (κ1) is 14.7. The van der Waals surface area contributed by atoms with Gasteiger partial charge in [-0.1, -0.05) is 42.5 Å². The number of carbonyl (C=O) groups is 2. The van der Waals surface area contributed by atoms with Crippen LogP contribution in [0.25, 0.3) is 5.57 Å². The average molecular weight is 260 g/mol. The zero-order valence-corrected chi connectivity index (χ0v) is 11.0. The van der Waals surface area contributed by atoms with Crippen molar-refractivity contribution in [2.24, 2.45) is 0 Å². The van der Waals surface area contributed by atoms with E-state index in [0.29, 0.717) is 5.57 Å². The average Bonchev–Trinajstić information content (AvgIpc) is 2.37. The van der Waals surface area contributed by atoms with Crippen molar-refractivity contribution >= 4 is 17.5 Å². The number of carboxylic acid groups (broad SMARTS) is 1. The largest absolute Gasteiger partial charge is 0.481 e. The molecule has 1 aromatic carbocycles. The Kier molecular flexibility index (Phi) is 5.06. The Morgan fingerprint density at radius 1 is 1.42 bits per heavy atom. The number of allylic oxidation sites excluding steroid dienone is 2. The molecule has 0 aliphatic heterocycles. The van der Waals surface area contributed by atoms with Crippen LogP contribution in [-0.2, 0) is 14.3 Å². The van der Waals surface area contributed by atoms with Crippen LogP contribution in [0, 0.1) is 6.92 Å². The lowest BCUT2D eigenvalue weighted by atomic mass is 9.96. The van der Waals surface area contributed by atoms with Gasteiger partial charge in [-0.25, -0.2) is 4.79 Å². The van der Waals surface area contributed by atoms with Gasteiger partial charge in [-0.3, -0.25) is 4.79 Å². The highest BCUT2D eigenvalue weighted by Crippen LogP contribution is 2.24. The van der Waals surface area contributed by atoms with Gasteiger partial charge in [0.05, 0.1) is 19.1 Å². The molecule has 1 aromatic rings. The van der Waals surface area contributed by atoms with E-state index >= 15 is 0 Å². The molecule has 4 nitrogen and oxygen atoms in total. The third-order valence-electron chi connectivity index (χ3n) is 2.62. The van der Waals surface area contributed by atoms with Gasteiger partial charge < -0.3 is 9.84 Å². The van der Waals surface area contributed by atoms with Crippen LogP contribution in [0.4, 0.5) is 0 Å². The second-order valence-corrected chi connectivity index (χ2v) is 4.03. The molecule has 0 aromatic heterocycles. The number of hydrogen-bond donors (Lipinski definition) is 1. The Balaban J connectivity index is 3.40. The summed E-state index contributed by atoms with van der Waals surface area (Å²) < 4.78 is 4.64. The predicted octanol–water partition coefficient (Wildman–Crippen LogP) is 2.58. The van der Waals surface area contributed by atoms with Crippen molar-refractivity contribution in [3.05, 3.63) is 53.6 Å². The topological polar surface area (TPSA) is 63.6 Å². The highest BCUT2D eigenvalue weighted by molar-refractivity contribution is 6.03. The molecule has 0 saturated heterocycles. The molecule has 1 N–H and O–H groups in total. The second kappa shape index (κ2) is 6.54. The summed E-state index contributed by atoms with van der Waals surface area (Å²) in [5.41, 5.74) is 2.33. The maximum atomic E-state index is 11.7. The molecule has 0 atom stereocenters. The molecule has 0 radical (unpaired) electrons. The van der Waals surface area contributed by atoms with Gasteiger partial charge in [0.2, 0.25) is 0 Å². The summed E-state index contributed by atoms with van der Waals surface area (Å²) in [6.07, 6.45) is 1.08. The molecular weight excluding hydrogens is 244 g/mol. The molecule has 0 heterocycles. The Morgan fingerprint density at radius 3 is 2.58 bits per heavy atom. The van der Waals surface area contributed by atoms with Crippen LogP contribution in [-0.4, -0.2) is 24.2 Å². The lowest BCUT2D eigenvalue weighted by Crippen LogP contribution is -2.11. The van der Waals surface area contributed by atoms with E-state index < -0.39 is 18.4 Å². The van der Waals surface area contributed by atoms with Crippen LogP contribution < -0.4 is 0 Å². The van der Waals surface area contributed by atoms with Crippen LogP contribution in [0.5, 0.6) is 0 Å². The number of methoxy groups -OCH3 is 1. The van der Waals surface area contributed by atoms with E-state index in [-0.39, 0.29) is 5.57 Å². The van der Waals surface area contributed by atoms with Gasteiger partial charge >= 0.3 is 11.9 Å². The number of ether oxygens (including phenoxy) is 1. The molecular formula is C15H16O4. The molecule has 0 aliphatic rings. The zero-order valence-electron chi connectivity index (χ0n) is 11.0. The minimum atomic E-state index is -1.09. The summed E-state index contributed by atoms with van der Waals surface area (Å²) in [4.78, 5) is 22.6. The Labute approximate surface area is 112 Å². The fourth-order valence-corrected chi connectivity index (χ4v) is 1.78. The van der Waals surface area contributed by atoms with E-state index in [2.05, 4.69) is 11.3 Å². The monoisotopic (exact) mass is 260 g/mol. The highest BCUT2D eigenvalue weighted by Gasteiger charge is 2.18. The molecule has 0 fully saturated rings. The van der Waals surface area contributed by atoms with Crippen molar-refractivity contribution in [3.8, 4) is 0 Å². The van der Waals surface area contributed by atoms with E-state index in [9.17, 15) is 9.59 Å². The summed E-state index contributed by atoms with van der Waals surface area (Å²) in [5, 5.41) is 8.90. The Hall–Kier alpha value is -2.36. The molecule has 0 bridgehead atoms. The van der Waals surface area contributed by atoms with Crippen LogP contribution in [0.3, 0.4) is 0 Å². The van der Waals surface area contributed by atoms with Crippen LogP contribution in [0.2, 0.25) is 0 Å². The summed E-state index contributed by atoms with van der Waals surface area (Å²) in [5.74, 6) is -1.74. The summed E-state index contributed by atoms with van der Waals surface area (Å²) >= 11 is 0. The number of carboxylic acids is 1. The fourth-order valence-electron chi connectivity index (χ4n) is 1.78. The molecule has 0 aliphatic carbocycles. The predicted molar refractivity (Wildman–Crippen MR) is 72.6 cm³/mol. The number of benzene rings is 1. The summed E-state index contributed by atoms with van der Waals surface area (Å²) in [7, 11) is 1.22. The van der Waals surface area contributed by atoms with Gasteiger partial charge in [0, 0.05) is 0 Å². The Bertz CT molecular complexity index is 541. The summed E-state index contributed by atoms with van der Waals surface area (Å²) in [6.45, 7) is 5.57. The van der Waals surface area contributed by atoms with Crippen molar-refractivity contribution in [1.82, 2.24) is 0 Å². The highest BCUT2D eigenvalue weighted by atomic mass is 16.5. The van der Waals surface area contributed by atoms with Crippen molar-refractivity contribution < 1.29 is 19.4 Å². The minimum absolute atomic E-state index is 0.0931. The minimum Gasteiger partial charge on any atom is -0.481 e. The quantitative estimate of drug-likeness (QED) is 0.502. The van der Waals surface area contributed by atoms with Gasteiger partial charge in [-0.15, -0.1) is 0 Å². The van der Waals surface area contributed by atoms with Crippen molar-refractivity contribution in [3.63, 3.8) is 0 Å². The van der Waals surface area contributed by atoms with Crippen molar-refractivity contribution in [2.75, 3.05) is 7.11 Å². The fraction of sp³-hybridized carbons (Fsp3) is 0.200. The molecule has 1 rings (SSSR count). The van der Waals surface area contributed by atoms with E-state index in [1.807, 2.05) is 25.1 Å². The molecule has 0 spiro atoms. The first-order valence-corrected chi connectivity index (χ1v) is 5.72.